The van der Waals surface area contributed by atoms with Crippen LogP contribution in [-0.4, -0.2) is 6.04 Å². The van der Waals surface area contributed by atoms with E-state index in [1.54, 1.807) is 0 Å². The summed E-state index contributed by atoms with van der Waals surface area (Å²) in [5.74, 6) is 0.936. The third kappa shape index (κ3) is 2.82. The number of hydrogen-bond donors (Lipinski definition) is 1. The second kappa shape index (κ2) is 4.45. The van der Waals surface area contributed by atoms with Crippen LogP contribution in [0.1, 0.15) is 25.3 Å². The number of rotatable bonds is 4. The lowest BCUT2D eigenvalue weighted by Crippen LogP contribution is -2.27. The Kier molecular flexibility index (Phi) is 3.24. The molecule has 14 heavy (non-hydrogen) atoms. The summed E-state index contributed by atoms with van der Waals surface area (Å²) in [7, 11) is 0. The first-order chi connectivity index (χ1) is 6.75. The quantitative estimate of drug-likeness (QED) is 0.868. The van der Waals surface area contributed by atoms with Crippen molar-refractivity contribution in [1.29, 1.82) is 0 Å². The molecule has 1 fully saturated rings. The first kappa shape index (κ1) is 10.2. The van der Waals surface area contributed by atoms with Gasteiger partial charge in [0, 0.05) is 17.1 Å². The van der Waals surface area contributed by atoms with Crippen molar-refractivity contribution in [2.75, 3.05) is 0 Å². The van der Waals surface area contributed by atoms with Crippen molar-refractivity contribution in [1.82, 2.24) is 5.32 Å². The lowest BCUT2D eigenvalue weighted by Gasteiger charge is -2.12. The third-order valence-corrected chi connectivity index (χ3v) is 3.40. The molecule has 0 radical (unpaired) electrons. The highest BCUT2D eigenvalue weighted by Gasteiger charge is 2.27. The summed E-state index contributed by atoms with van der Waals surface area (Å²) >= 11 is 3.44. The summed E-state index contributed by atoms with van der Waals surface area (Å²) in [6, 6.07) is 9.20. The van der Waals surface area contributed by atoms with Gasteiger partial charge in [0.2, 0.25) is 0 Å². The van der Waals surface area contributed by atoms with Gasteiger partial charge in [0.05, 0.1) is 0 Å². The number of hydrogen-bond acceptors (Lipinski definition) is 1. The molecule has 2 heteroatoms. The second-order valence-corrected chi connectivity index (χ2v) is 5.05. The maximum atomic E-state index is 3.56. The summed E-state index contributed by atoms with van der Waals surface area (Å²) in [6.07, 6.45) is 2.82. The molecule has 2 rings (SSSR count). The van der Waals surface area contributed by atoms with E-state index >= 15 is 0 Å². The van der Waals surface area contributed by atoms with Crippen LogP contribution in [0.3, 0.4) is 0 Å². The van der Waals surface area contributed by atoms with Crippen molar-refractivity contribution in [3.05, 3.63) is 34.3 Å². The molecule has 1 saturated carbocycles. The number of halogens is 1. The minimum atomic E-state index is 0.679. The Bertz CT molecular complexity index is 290. The van der Waals surface area contributed by atoms with Gasteiger partial charge in [0.15, 0.2) is 0 Å². The topological polar surface area (TPSA) is 12.0 Å². The zero-order valence-corrected chi connectivity index (χ0v) is 10.0. The van der Waals surface area contributed by atoms with Gasteiger partial charge in [-0.15, -0.1) is 0 Å². The first-order valence-corrected chi connectivity index (χ1v) is 6.03. The molecule has 1 nitrogen and oxygen atoms in total. The van der Waals surface area contributed by atoms with Crippen LogP contribution in [0.4, 0.5) is 0 Å². The van der Waals surface area contributed by atoms with Gasteiger partial charge in [-0.25, -0.2) is 0 Å². The molecule has 0 unspecified atom stereocenters. The summed E-state index contributed by atoms with van der Waals surface area (Å²) in [6.45, 7) is 3.28. The van der Waals surface area contributed by atoms with Gasteiger partial charge < -0.3 is 5.32 Å². The van der Waals surface area contributed by atoms with Crippen molar-refractivity contribution in [3.63, 3.8) is 0 Å². The van der Waals surface area contributed by atoms with Crippen LogP contribution in [0.5, 0.6) is 0 Å². The van der Waals surface area contributed by atoms with Crippen molar-refractivity contribution in [3.8, 4) is 0 Å². The molecule has 1 aromatic rings. The van der Waals surface area contributed by atoms with E-state index in [0.717, 1.165) is 16.9 Å². The van der Waals surface area contributed by atoms with Gasteiger partial charge in [-0.1, -0.05) is 28.1 Å². The largest absolute Gasteiger partial charge is 0.310 e. The summed E-state index contributed by atoms with van der Waals surface area (Å²) < 4.78 is 1.15. The van der Waals surface area contributed by atoms with E-state index in [1.165, 1.54) is 18.4 Å². The van der Waals surface area contributed by atoms with E-state index in [-0.39, 0.29) is 0 Å². The smallest absolute Gasteiger partial charge is 0.0208 e. The second-order valence-electron chi connectivity index (χ2n) is 4.13. The lowest BCUT2D eigenvalue weighted by atomic mass is 10.2. The van der Waals surface area contributed by atoms with Gasteiger partial charge in [-0.05, 0) is 43.4 Å². The van der Waals surface area contributed by atoms with Crippen LogP contribution in [0, 0.1) is 5.92 Å². The van der Waals surface area contributed by atoms with E-state index in [0.29, 0.717) is 6.04 Å². The molecule has 1 aliphatic carbocycles. The molecule has 1 atom stereocenters. The fourth-order valence-corrected chi connectivity index (χ4v) is 1.91. The van der Waals surface area contributed by atoms with Gasteiger partial charge in [0.25, 0.3) is 0 Å². The Morgan fingerprint density at radius 1 is 1.36 bits per heavy atom. The molecule has 0 saturated heterocycles. The van der Waals surface area contributed by atoms with Crippen LogP contribution in [0.15, 0.2) is 28.7 Å². The van der Waals surface area contributed by atoms with E-state index < -0.39 is 0 Å². The zero-order chi connectivity index (χ0) is 9.97. The molecule has 1 aromatic carbocycles. The molecule has 0 amide bonds. The van der Waals surface area contributed by atoms with Crippen molar-refractivity contribution in [2.45, 2.75) is 32.4 Å². The van der Waals surface area contributed by atoms with E-state index in [2.05, 4.69) is 52.4 Å². The molecular weight excluding hydrogens is 238 g/mol. The minimum Gasteiger partial charge on any atom is -0.310 e. The highest BCUT2D eigenvalue weighted by molar-refractivity contribution is 9.10. The minimum absolute atomic E-state index is 0.679. The summed E-state index contributed by atoms with van der Waals surface area (Å²) in [5, 5.41) is 3.56. The van der Waals surface area contributed by atoms with Crippen LogP contribution >= 0.6 is 15.9 Å². The fourth-order valence-electron chi connectivity index (χ4n) is 1.64. The number of nitrogens with one attached hydrogen (secondary N) is 1. The summed E-state index contributed by atoms with van der Waals surface area (Å²) in [4.78, 5) is 0. The Hall–Kier alpha value is -0.340. The monoisotopic (exact) mass is 253 g/mol. The normalized spacial score (nSPS) is 18.1. The third-order valence-electron chi connectivity index (χ3n) is 2.87. The van der Waals surface area contributed by atoms with Crippen LogP contribution in [0.25, 0.3) is 0 Å². The first-order valence-electron chi connectivity index (χ1n) is 5.23. The molecule has 0 bridgehead atoms. The summed E-state index contributed by atoms with van der Waals surface area (Å²) in [5.41, 5.74) is 1.36. The predicted molar refractivity (Wildman–Crippen MR) is 63.2 cm³/mol. The van der Waals surface area contributed by atoms with Crippen molar-refractivity contribution < 1.29 is 0 Å². The van der Waals surface area contributed by atoms with Gasteiger partial charge in [-0.3, -0.25) is 0 Å². The molecule has 1 N–H and O–H groups in total. The van der Waals surface area contributed by atoms with Gasteiger partial charge in [0.1, 0.15) is 0 Å². The van der Waals surface area contributed by atoms with E-state index in [1.807, 2.05) is 0 Å². The van der Waals surface area contributed by atoms with Crippen molar-refractivity contribution in [2.24, 2.45) is 5.92 Å². The van der Waals surface area contributed by atoms with E-state index in [9.17, 15) is 0 Å². The average Bonchev–Trinajstić information content (AvgIpc) is 3.00. The standard InChI is InChI=1S/C12H16BrN/c1-9(11-4-5-11)14-8-10-2-6-12(13)7-3-10/h2-3,6-7,9,11,14H,4-5,8H2,1H3/t9-/m1/s1. The molecule has 0 aromatic heterocycles. The Morgan fingerprint density at radius 2 is 2.00 bits per heavy atom. The van der Waals surface area contributed by atoms with Crippen LogP contribution < -0.4 is 5.32 Å². The van der Waals surface area contributed by atoms with E-state index in [4.69, 9.17) is 0 Å². The molecular formula is C12H16BrN. The fraction of sp³-hybridized carbons (Fsp3) is 0.500. The highest BCUT2D eigenvalue weighted by Crippen LogP contribution is 2.32. The molecule has 1 aliphatic rings. The maximum Gasteiger partial charge on any atom is 0.0208 e. The van der Waals surface area contributed by atoms with Crippen LogP contribution in [0.2, 0.25) is 0 Å². The average molecular weight is 254 g/mol. The van der Waals surface area contributed by atoms with Crippen molar-refractivity contribution >= 4 is 15.9 Å². The maximum absolute atomic E-state index is 3.56. The Balaban J connectivity index is 1.82. The van der Waals surface area contributed by atoms with Gasteiger partial charge >= 0.3 is 0 Å². The Labute approximate surface area is 94.0 Å². The molecule has 0 heterocycles. The van der Waals surface area contributed by atoms with Crippen LogP contribution in [-0.2, 0) is 6.54 Å². The van der Waals surface area contributed by atoms with Gasteiger partial charge in [-0.2, -0.15) is 0 Å². The highest BCUT2D eigenvalue weighted by atomic mass is 79.9. The molecule has 0 spiro atoms. The molecule has 76 valence electrons. The molecule has 0 aliphatic heterocycles. The SMILES string of the molecule is C[C@@H](NCc1ccc(Br)cc1)C1CC1. The lowest BCUT2D eigenvalue weighted by molar-refractivity contribution is 0.496. The number of benzene rings is 1. The zero-order valence-electron chi connectivity index (χ0n) is 8.46. The Morgan fingerprint density at radius 3 is 2.57 bits per heavy atom. The predicted octanol–water partition coefficient (Wildman–Crippen LogP) is 3.34.